The number of hydrogen-bond donors (Lipinski definition) is 1. The average Bonchev–Trinajstić information content (AvgIpc) is 3.26. The van der Waals surface area contributed by atoms with Crippen molar-refractivity contribution in [2.45, 2.75) is 45.3 Å². The smallest absolute Gasteiger partial charge is 0.370 e. The first-order chi connectivity index (χ1) is 9.82. The van der Waals surface area contributed by atoms with Crippen LogP contribution in [0.2, 0.25) is 0 Å². The van der Waals surface area contributed by atoms with Crippen LogP contribution in [0.1, 0.15) is 38.7 Å². The van der Waals surface area contributed by atoms with E-state index in [1.807, 2.05) is 25.8 Å². The molecule has 1 N–H and O–H groups in total. The minimum atomic E-state index is -4.36. The van der Waals surface area contributed by atoms with Gasteiger partial charge in [-0.2, -0.15) is 13.2 Å². The van der Waals surface area contributed by atoms with Gasteiger partial charge in [-0.15, -0.1) is 0 Å². The number of nitrogens with zero attached hydrogens (tertiary/aromatic N) is 2. The molecule has 1 saturated carbocycles. The topological polar surface area (TPSA) is 28.2 Å². The van der Waals surface area contributed by atoms with Crippen LogP contribution in [-0.2, 0) is 6.18 Å². The minimum Gasteiger partial charge on any atom is -0.370 e. The van der Waals surface area contributed by atoms with Gasteiger partial charge in [0.2, 0.25) is 0 Å². The molecule has 21 heavy (non-hydrogen) atoms. The number of nitrogens with one attached hydrogen (secondary N) is 1. The molecule has 1 heterocycles. The third-order valence-electron chi connectivity index (χ3n) is 3.97. The summed E-state index contributed by atoms with van der Waals surface area (Å²) < 4.78 is 39.1. The van der Waals surface area contributed by atoms with E-state index in [4.69, 9.17) is 0 Å². The lowest BCUT2D eigenvalue weighted by Crippen LogP contribution is -2.31. The summed E-state index contributed by atoms with van der Waals surface area (Å²) >= 11 is 0. The molecule has 6 heteroatoms. The predicted octanol–water partition coefficient (Wildman–Crippen LogP) is 4.16. The molecular formula is C15H22F3N3. The monoisotopic (exact) mass is 301 g/mol. The van der Waals surface area contributed by atoms with Crippen molar-refractivity contribution in [2.75, 3.05) is 23.8 Å². The molecule has 1 atom stereocenters. The Morgan fingerprint density at radius 2 is 2.05 bits per heavy atom. The van der Waals surface area contributed by atoms with E-state index < -0.39 is 11.7 Å². The zero-order chi connectivity index (χ0) is 15.6. The van der Waals surface area contributed by atoms with Gasteiger partial charge < -0.3 is 10.2 Å². The van der Waals surface area contributed by atoms with E-state index in [0.29, 0.717) is 18.3 Å². The van der Waals surface area contributed by atoms with Crippen molar-refractivity contribution in [1.82, 2.24) is 4.98 Å². The van der Waals surface area contributed by atoms with Crippen molar-refractivity contribution >= 4 is 11.6 Å². The van der Waals surface area contributed by atoms with E-state index in [-0.39, 0.29) is 11.9 Å². The van der Waals surface area contributed by atoms with Crippen molar-refractivity contribution in [2.24, 2.45) is 5.92 Å². The largest absolute Gasteiger partial charge is 0.416 e. The highest BCUT2D eigenvalue weighted by atomic mass is 19.4. The van der Waals surface area contributed by atoms with Crippen molar-refractivity contribution < 1.29 is 13.2 Å². The Morgan fingerprint density at radius 1 is 1.38 bits per heavy atom. The molecule has 0 bridgehead atoms. The number of hydrogen-bond acceptors (Lipinski definition) is 3. The van der Waals surface area contributed by atoms with Gasteiger partial charge in [0.1, 0.15) is 11.6 Å². The van der Waals surface area contributed by atoms with Crippen molar-refractivity contribution in [3.8, 4) is 0 Å². The van der Waals surface area contributed by atoms with E-state index in [1.165, 1.54) is 0 Å². The van der Waals surface area contributed by atoms with E-state index in [2.05, 4.69) is 10.3 Å². The highest BCUT2D eigenvalue weighted by molar-refractivity contribution is 5.51. The zero-order valence-electron chi connectivity index (χ0n) is 12.7. The van der Waals surface area contributed by atoms with Gasteiger partial charge in [0.05, 0.1) is 5.56 Å². The molecule has 0 radical (unpaired) electrons. The number of anilines is 2. The number of alkyl halides is 3. The summed E-state index contributed by atoms with van der Waals surface area (Å²) in [4.78, 5) is 6.18. The molecule has 1 unspecified atom stereocenters. The fourth-order valence-electron chi connectivity index (χ4n) is 2.31. The third kappa shape index (κ3) is 4.02. The van der Waals surface area contributed by atoms with Crippen molar-refractivity contribution in [3.05, 3.63) is 17.7 Å². The first-order valence-corrected chi connectivity index (χ1v) is 7.39. The van der Waals surface area contributed by atoms with E-state index >= 15 is 0 Å². The fourth-order valence-corrected chi connectivity index (χ4v) is 2.31. The molecule has 1 aromatic rings. The highest BCUT2D eigenvalue weighted by Gasteiger charge is 2.34. The quantitative estimate of drug-likeness (QED) is 0.855. The molecule has 3 nitrogen and oxygen atoms in total. The summed E-state index contributed by atoms with van der Waals surface area (Å²) in [6.07, 6.45) is -1.23. The lowest BCUT2D eigenvalue weighted by atomic mass is 10.1. The molecular weight excluding hydrogens is 279 g/mol. The Labute approximate surface area is 123 Å². The van der Waals surface area contributed by atoms with Gasteiger partial charge in [0.25, 0.3) is 0 Å². The second-order valence-electron chi connectivity index (χ2n) is 5.71. The second kappa shape index (κ2) is 6.12. The predicted molar refractivity (Wildman–Crippen MR) is 78.6 cm³/mol. The molecule has 0 aliphatic heterocycles. The second-order valence-corrected chi connectivity index (χ2v) is 5.71. The molecule has 2 rings (SSSR count). The van der Waals surface area contributed by atoms with Gasteiger partial charge in [-0.25, -0.2) is 4.98 Å². The first kappa shape index (κ1) is 15.9. The van der Waals surface area contributed by atoms with Crippen LogP contribution < -0.4 is 10.2 Å². The summed E-state index contributed by atoms with van der Waals surface area (Å²) in [7, 11) is 1.81. The van der Waals surface area contributed by atoms with Gasteiger partial charge in [0.15, 0.2) is 0 Å². The average molecular weight is 301 g/mol. The summed E-state index contributed by atoms with van der Waals surface area (Å²) in [5, 5.41) is 2.95. The van der Waals surface area contributed by atoms with Crippen LogP contribution in [0.5, 0.6) is 0 Å². The van der Waals surface area contributed by atoms with Crippen LogP contribution in [0.25, 0.3) is 0 Å². The Balaban J connectivity index is 2.29. The van der Waals surface area contributed by atoms with Gasteiger partial charge >= 0.3 is 6.18 Å². The van der Waals surface area contributed by atoms with Gasteiger partial charge in [0, 0.05) is 19.6 Å². The summed E-state index contributed by atoms with van der Waals surface area (Å²) in [6, 6.07) is 2.42. The molecule has 1 aromatic heterocycles. The lowest BCUT2D eigenvalue weighted by molar-refractivity contribution is -0.137. The first-order valence-electron chi connectivity index (χ1n) is 7.39. The van der Waals surface area contributed by atoms with E-state index in [1.54, 1.807) is 0 Å². The maximum atomic E-state index is 13.0. The minimum absolute atomic E-state index is 0.208. The maximum absolute atomic E-state index is 13.0. The van der Waals surface area contributed by atoms with Crippen LogP contribution >= 0.6 is 0 Å². The molecule has 0 aromatic carbocycles. The number of halogens is 3. The van der Waals surface area contributed by atoms with Crippen LogP contribution in [0.4, 0.5) is 24.8 Å². The zero-order valence-corrected chi connectivity index (χ0v) is 12.7. The number of aromatic nitrogens is 1. The molecule has 1 fully saturated rings. The molecule has 1 aliphatic carbocycles. The lowest BCUT2D eigenvalue weighted by Gasteiger charge is -2.27. The molecule has 0 saturated heterocycles. The van der Waals surface area contributed by atoms with Crippen LogP contribution in [-0.4, -0.2) is 24.6 Å². The Morgan fingerprint density at radius 3 is 2.57 bits per heavy atom. The Hall–Kier alpha value is -1.46. The molecule has 0 spiro atoms. The Kier molecular flexibility index (Phi) is 4.64. The van der Waals surface area contributed by atoms with Gasteiger partial charge in [-0.3, -0.25) is 0 Å². The van der Waals surface area contributed by atoms with Gasteiger partial charge in [-0.1, -0.05) is 6.92 Å². The normalized spacial score (nSPS) is 16.7. The molecule has 118 valence electrons. The highest BCUT2D eigenvalue weighted by Crippen LogP contribution is 2.37. The van der Waals surface area contributed by atoms with Crippen molar-refractivity contribution in [1.29, 1.82) is 0 Å². The van der Waals surface area contributed by atoms with Crippen LogP contribution in [0, 0.1) is 5.92 Å². The maximum Gasteiger partial charge on any atom is 0.416 e. The van der Waals surface area contributed by atoms with Crippen molar-refractivity contribution in [3.63, 3.8) is 0 Å². The summed E-state index contributed by atoms with van der Waals surface area (Å²) in [6.45, 7) is 4.61. The standard InChI is InChI=1S/C15H22F3N3/c1-4-7-19-13-8-12(15(16,17)18)9-14(20-13)21(3)10(2)11-5-6-11/h8-11H,4-7H2,1-3H3,(H,19,20). The third-order valence-corrected chi connectivity index (χ3v) is 3.97. The van der Waals surface area contributed by atoms with Crippen LogP contribution in [0.15, 0.2) is 12.1 Å². The fraction of sp³-hybridized carbons (Fsp3) is 0.667. The Bertz CT molecular complexity index is 484. The summed E-state index contributed by atoms with van der Waals surface area (Å²) in [5.41, 5.74) is -0.652. The number of rotatable bonds is 6. The van der Waals surface area contributed by atoms with Crippen LogP contribution in [0.3, 0.4) is 0 Å². The molecule has 1 aliphatic rings. The van der Waals surface area contributed by atoms with E-state index in [9.17, 15) is 13.2 Å². The van der Waals surface area contributed by atoms with Gasteiger partial charge in [-0.05, 0) is 44.2 Å². The number of pyridine rings is 1. The molecule has 0 amide bonds. The van der Waals surface area contributed by atoms with E-state index in [0.717, 1.165) is 31.4 Å². The summed E-state index contributed by atoms with van der Waals surface area (Å²) in [5.74, 6) is 1.23. The SMILES string of the molecule is CCCNc1cc(C(F)(F)F)cc(N(C)C(C)C2CC2)n1.